The number of hydrogen-bond acceptors (Lipinski definition) is 22. The first-order chi connectivity index (χ1) is 66.8. The van der Waals surface area contributed by atoms with Gasteiger partial charge in [0.05, 0.1) is 113 Å². The lowest BCUT2D eigenvalue weighted by Gasteiger charge is -2.62. The molecule has 0 aromatic carbocycles. The zero-order valence-corrected chi connectivity index (χ0v) is 108. The normalized spacial score (nSPS) is 34.1. The Morgan fingerprint density at radius 2 is 0.863 bits per heavy atom. The van der Waals surface area contributed by atoms with Gasteiger partial charge in [0.25, 0.3) is 0 Å². The van der Waals surface area contributed by atoms with Crippen LogP contribution in [0.3, 0.4) is 0 Å². The zero-order valence-electron chi connectivity index (χ0n) is 99.8. The van der Waals surface area contributed by atoms with E-state index >= 15 is 0 Å². The van der Waals surface area contributed by atoms with Crippen molar-refractivity contribution in [2.45, 2.75) is 506 Å². The molecule has 0 N–H and O–H groups in total. The van der Waals surface area contributed by atoms with Gasteiger partial charge in [-0.15, -0.1) is 0 Å². The standard InChI is InChI=1S/C28H48O2Si.C23H48O2Si4.C17H36O2Si2.C14H20O4.C12H26O2Si.C10H16O4.2C6H8O3/c1-6-31(7-2,8-3)14-13-28(11-9-10-12-28)30-27(29)24-16-20-15-23(24)26-22-17-21(25(20)26)18(4)19(22)5;1-17-18(2)20-12-19(17)13-21(20)22(24)25-23(14-26(3,4)5)28(8,9)15-27(6,7)16-29(23,10)11;1-9-16(2,3)15(18)19-17(13-20(4,5)6)11-10-12-21(7,8)14-17;1-4-14(2,3)13(16)18-10-7-5-8-9(6-7)12(15)17-11(8)10;1-8-12(3,4)11(13)14-10(2)9-15(5,6)7;1-4-10(2,3)9(12)14-7-5-6-13-8(7)11;2*1-3-4(2)6(8)9-5(3)7/h18-26H,6-17H2,1-5H3;17-21H,12-16H2,1-11H3;9-14H2,1-8H3;7-11H,4-6H2,1-3H3;10H,8-9H2,1-7H3;7H,4-6H2,1-3H3;2*3-4H,1-2H3. The lowest BCUT2D eigenvalue weighted by atomic mass is 9.62. The maximum atomic E-state index is 13.8. The van der Waals surface area contributed by atoms with Gasteiger partial charge in [-0.1, -0.05) is 263 Å². The number of carbonyl (C=O) groups excluding carboxylic acids is 12. The van der Waals surface area contributed by atoms with Crippen LogP contribution < -0.4 is 0 Å². The molecule has 0 aromatic rings. The molecule has 22 nitrogen and oxygen atoms in total. The molecule has 15 aliphatic rings. The molecule has 838 valence electrons. The molecular weight excluding hydrogens is 1970 g/mol. The highest BCUT2D eigenvalue weighted by Gasteiger charge is 2.70. The average Bonchev–Trinajstić information content (AvgIpc) is 1.60. The summed E-state index contributed by atoms with van der Waals surface area (Å²) in [5.74, 6) is 7.70. The average molecular weight is 2180 g/mol. The Balaban J connectivity index is 0.000000210. The van der Waals surface area contributed by atoms with Crippen molar-refractivity contribution in [2.75, 3.05) is 6.61 Å². The summed E-state index contributed by atoms with van der Waals surface area (Å²) in [6, 6.07) is 11.5. The number of carbonyl (C=O) groups is 12. The molecular formula is C116H210O22Si8. The molecule has 30 heteroatoms. The Labute approximate surface area is 893 Å². The van der Waals surface area contributed by atoms with E-state index in [9.17, 15) is 57.5 Å². The van der Waals surface area contributed by atoms with E-state index in [1.54, 1.807) is 41.5 Å². The SMILES string of the molecule is CC1C(=O)OC(=O)C1C.CC1C(=O)OC(=O)C1C.CC1C2CC(C(=O)OC3(C[Si](C)(C)C)[Si](C)(C)C[Si](C)(C)C[Si]3(C)C)C(C2)C1C.CCC(C)(C)C(=O)OC(C)C[Si](C)(C)C.CCC(C)(C)C(=O)OC1(C[Si](C)(C)C)CCC[Si](C)(C)C1.CCC(C)(C)C(=O)OC1C2CC3C(=O)OC1C3C2.CCC(C)(C)C(=O)OC1CCOC1=O.CC[Si](CC)(CC)CCC1(OC(=O)C2CC3CC2C2C4CC(C(C)C4C)C32)CCCC1. The van der Waals surface area contributed by atoms with Gasteiger partial charge in [0.2, 0.25) is 6.10 Å². The predicted octanol–water partition coefficient (Wildman–Crippen LogP) is 27.5. The molecule has 9 saturated carbocycles. The van der Waals surface area contributed by atoms with Crippen LogP contribution in [0.25, 0.3) is 0 Å². The van der Waals surface area contributed by atoms with E-state index in [4.69, 9.17) is 37.9 Å². The highest BCUT2D eigenvalue weighted by Crippen LogP contribution is 2.72. The Bertz CT molecular complexity index is 4410. The molecule has 9 aliphatic carbocycles. The van der Waals surface area contributed by atoms with Crippen LogP contribution in [0.15, 0.2) is 0 Å². The van der Waals surface area contributed by atoms with E-state index < -0.39 is 111 Å². The minimum Gasteiger partial charge on any atom is -0.467 e. The molecule has 26 atom stereocenters. The second-order valence-corrected chi connectivity index (χ2v) is 103. The smallest absolute Gasteiger partial charge is 0.347 e. The molecule has 15 fully saturated rings. The Hall–Kier alpha value is -4.22. The summed E-state index contributed by atoms with van der Waals surface area (Å²) < 4.78 is 54.8. The molecule has 6 aliphatic heterocycles. The summed E-state index contributed by atoms with van der Waals surface area (Å²) in [5, 5.41) is 0. The minimum absolute atomic E-state index is 0.0231. The van der Waals surface area contributed by atoms with E-state index in [1.807, 2.05) is 69.2 Å². The topological polar surface area (TPSA) is 297 Å². The lowest BCUT2D eigenvalue weighted by Crippen LogP contribution is -2.78. The fraction of sp³-hybridized carbons (Fsp3) is 0.897. The predicted molar refractivity (Wildman–Crippen MR) is 605 cm³/mol. The number of rotatable bonds is 28. The van der Waals surface area contributed by atoms with Crippen molar-refractivity contribution in [1.82, 2.24) is 0 Å². The molecule has 0 aromatic heterocycles. The van der Waals surface area contributed by atoms with Crippen molar-refractivity contribution < 1.29 is 105 Å². The summed E-state index contributed by atoms with van der Waals surface area (Å²) in [6.45, 7) is 91.5. The molecule has 26 unspecified atom stereocenters. The third kappa shape index (κ3) is 30.2. The van der Waals surface area contributed by atoms with Crippen LogP contribution in [-0.4, -0.2) is 183 Å². The van der Waals surface area contributed by atoms with Gasteiger partial charge < -0.3 is 47.4 Å². The van der Waals surface area contributed by atoms with E-state index in [2.05, 4.69) is 176 Å². The first-order valence-corrected chi connectivity index (χ1v) is 85.2. The molecule has 0 radical (unpaired) electrons. The van der Waals surface area contributed by atoms with Gasteiger partial charge >= 0.3 is 71.6 Å². The molecule has 6 heterocycles. The van der Waals surface area contributed by atoms with Crippen LogP contribution in [-0.2, 0) is 105 Å². The van der Waals surface area contributed by atoms with Gasteiger partial charge in [-0.05, 0) is 267 Å². The number of esters is 12. The summed E-state index contributed by atoms with van der Waals surface area (Å²) in [5.41, 5.74) is 0.932. The lowest BCUT2D eigenvalue weighted by molar-refractivity contribution is -0.170. The van der Waals surface area contributed by atoms with E-state index in [0.29, 0.717) is 49.0 Å². The summed E-state index contributed by atoms with van der Waals surface area (Å²) in [7, 11) is -10.8. The quantitative estimate of drug-likeness (QED) is 0.0231. The first-order valence-electron chi connectivity index (χ1n) is 58.0. The van der Waals surface area contributed by atoms with Crippen molar-refractivity contribution in [3.8, 4) is 0 Å². The van der Waals surface area contributed by atoms with Crippen molar-refractivity contribution in [1.29, 1.82) is 0 Å². The van der Waals surface area contributed by atoms with E-state index in [-0.39, 0.29) is 128 Å². The summed E-state index contributed by atoms with van der Waals surface area (Å²) >= 11 is 0. The van der Waals surface area contributed by atoms with Crippen molar-refractivity contribution in [2.24, 2.45) is 146 Å². The van der Waals surface area contributed by atoms with Crippen LogP contribution in [0.1, 0.15) is 288 Å². The molecule has 8 bridgehead atoms. The number of fused-ring (bicyclic) bond motifs is 12. The Morgan fingerprint density at radius 1 is 0.432 bits per heavy atom. The molecule has 0 amide bonds. The van der Waals surface area contributed by atoms with E-state index in [0.717, 1.165) is 142 Å². The van der Waals surface area contributed by atoms with Crippen LogP contribution >= 0.6 is 0 Å². The highest BCUT2D eigenvalue weighted by molar-refractivity contribution is 7.15. The van der Waals surface area contributed by atoms with Crippen molar-refractivity contribution in [3.05, 3.63) is 0 Å². The molecule has 146 heavy (non-hydrogen) atoms. The largest absolute Gasteiger partial charge is 0.467 e. The number of cyclic esters (lactones) is 5. The fourth-order valence-electron chi connectivity index (χ4n) is 29.6. The summed E-state index contributed by atoms with van der Waals surface area (Å²) in [6.07, 6.45) is 19.0. The Morgan fingerprint density at radius 3 is 1.29 bits per heavy atom. The van der Waals surface area contributed by atoms with Crippen LogP contribution in [0.2, 0.25) is 177 Å². The fourth-order valence-corrected chi connectivity index (χ4v) is 82.2. The van der Waals surface area contributed by atoms with Crippen LogP contribution in [0.4, 0.5) is 0 Å². The summed E-state index contributed by atoms with van der Waals surface area (Å²) in [4.78, 5) is 140. The van der Waals surface area contributed by atoms with Crippen LogP contribution in [0, 0.1) is 146 Å². The highest BCUT2D eigenvalue weighted by atomic mass is 28.5. The van der Waals surface area contributed by atoms with E-state index in [1.165, 1.54) is 86.1 Å². The molecule has 0 spiro atoms. The van der Waals surface area contributed by atoms with Crippen LogP contribution in [0.5, 0.6) is 0 Å². The minimum atomic E-state index is -1.70. The second kappa shape index (κ2) is 48.6. The first kappa shape index (κ1) is 127. The number of hydrogen-bond donors (Lipinski definition) is 0. The second-order valence-electron chi connectivity index (χ2n) is 58.5. The Kier molecular flexibility index (Phi) is 42.3. The molecule has 15 rings (SSSR count). The maximum absolute atomic E-state index is 13.8. The maximum Gasteiger partial charge on any atom is 0.347 e. The van der Waals surface area contributed by atoms with Gasteiger partial charge in [0.15, 0.2) is 0 Å². The van der Waals surface area contributed by atoms with Crippen molar-refractivity contribution in [3.63, 3.8) is 0 Å². The van der Waals surface area contributed by atoms with Crippen molar-refractivity contribution >= 4 is 136 Å². The third-order valence-electron chi connectivity index (χ3n) is 40.2. The monoisotopic (exact) mass is 2180 g/mol. The van der Waals surface area contributed by atoms with Gasteiger partial charge in [-0.3, -0.25) is 52.7 Å². The van der Waals surface area contributed by atoms with Gasteiger partial charge in [-0.25, -0.2) is 4.79 Å². The number of ether oxygens (including phenoxy) is 10. The third-order valence-corrected chi connectivity index (χ3v) is 78.8. The van der Waals surface area contributed by atoms with Gasteiger partial charge in [-0.2, -0.15) is 0 Å². The molecule has 6 saturated heterocycles. The zero-order chi connectivity index (χ0) is 111. The van der Waals surface area contributed by atoms with Gasteiger partial charge in [0.1, 0.15) is 23.4 Å². The van der Waals surface area contributed by atoms with Gasteiger partial charge in [0, 0.05) is 50.6 Å².